The molecule has 0 bridgehead atoms. The maximum Gasteiger partial charge on any atom is 0.254 e. The van der Waals surface area contributed by atoms with Crippen molar-refractivity contribution in [3.63, 3.8) is 0 Å². The monoisotopic (exact) mass is 433 g/mol. The number of carbonyl (C=O) groups is 2. The molecule has 1 fully saturated rings. The summed E-state index contributed by atoms with van der Waals surface area (Å²) in [5.74, 6) is 0.696. The van der Waals surface area contributed by atoms with Crippen LogP contribution in [0.3, 0.4) is 0 Å². The van der Waals surface area contributed by atoms with Gasteiger partial charge in [-0.25, -0.2) is 4.68 Å². The Morgan fingerprint density at radius 1 is 1.23 bits per heavy atom. The number of ether oxygens (including phenoxy) is 1. The molecule has 2 aromatic carbocycles. The van der Waals surface area contributed by atoms with Crippen LogP contribution in [0.1, 0.15) is 39.3 Å². The molecule has 31 heavy (non-hydrogen) atoms. The van der Waals surface area contributed by atoms with Crippen LogP contribution < -0.4 is 0 Å². The van der Waals surface area contributed by atoms with Crippen molar-refractivity contribution in [3.8, 4) is 16.9 Å². The van der Waals surface area contributed by atoms with Gasteiger partial charge in [0.05, 0.1) is 17.5 Å². The lowest BCUT2D eigenvalue weighted by atomic mass is 10.0. The third-order valence-electron chi connectivity index (χ3n) is 5.98. The number of benzene rings is 2. The van der Waals surface area contributed by atoms with E-state index >= 15 is 0 Å². The fourth-order valence-corrected chi connectivity index (χ4v) is 5.45. The number of nitrogens with zero attached hydrogens (tertiary/aromatic N) is 3. The highest BCUT2D eigenvalue weighted by molar-refractivity contribution is 7.98. The predicted molar refractivity (Wildman–Crippen MR) is 120 cm³/mol. The number of fused-ring (bicyclic) bond motifs is 3. The van der Waals surface area contributed by atoms with E-state index in [0.29, 0.717) is 23.6 Å². The zero-order valence-corrected chi connectivity index (χ0v) is 18.1. The molecule has 0 radical (unpaired) electrons. The molecule has 0 aliphatic carbocycles. The topological polar surface area (TPSA) is 64.4 Å². The van der Waals surface area contributed by atoms with E-state index in [1.54, 1.807) is 18.9 Å². The summed E-state index contributed by atoms with van der Waals surface area (Å²) in [7, 11) is 1.70. The first kappa shape index (κ1) is 20.0. The van der Waals surface area contributed by atoms with Gasteiger partial charge < -0.3 is 9.64 Å². The van der Waals surface area contributed by atoms with Gasteiger partial charge in [0, 0.05) is 47.5 Å². The number of aldehydes is 1. The van der Waals surface area contributed by atoms with E-state index in [-0.39, 0.29) is 12.0 Å². The first-order valence-electron chi connectivity index (χ1n) is 10.4. The average molecular weight is 434 g/mol. The molecule has 2 aliphatic heterocycles. The molecule has 3 aromatic rings. The van der Waals surface area contributed by atoms with Crippen LogP contribution in [0.2, 0.25) is 0 Å². The van der Waals surface area contributed by atoms with Crippen LogP contribution in [0.4, 0.5) is 0 Å². The Labute approximate surface area is 185 Å². The Morgan fingerprint density at radius 3 is 2.94 bits per heavy atom. The summed E-state index contributed by atoms with van der Waals surface area (Å²) < 4.78 is 7.28. The number of methoxy groups -OCH3 is 1. The molecule has 0 spiro atoms. The molecular formula is C24H23N3O3S. The fourth-order valence-electron chi connectivity index (χ4n) is 4.37. The van der Waals surface area contributed by atoms with Crippen LogP contribution in [0.25, 0.3) is 16.9 Å². The lowest BCUT2D eigenvalue weighted by molar-refractivity contribution is 0.0269. The van der Waals surface area contributed by atoms with E-state index in [2.05, 4.69) is 17.2 Å². The Morgan fingerprint density at radius 2 is 2.10 bits per heavy atom. The van der Waals surface area contributed by atoms with E-state index in [0.717, 1.165) is 48.2 Å². The zero-order valence-electron chi connectivity index (χ0n) is 17.3. The smallest absolute Gasteiger partial charge is 0.254 e. The van der Waals surface area contributed by atoms with Crippen LogP contribution in [0.15, 0.2) is 53.4 Å². The molecule has 5 rings (SSSR count). The number of likely N-dealkylation sites (tertiary alicyclic amines) is 1. The average Bonchev–Trinajstić information content (AvgIpc) is 3.23. The van der Waals surface area contributed by atoms with Gasteiger partial charge in [0.1, 0.15) is 5.69 Å². The quantitative estimate of drug-likeness (QED) is 0.577. The van der Waals surface area contributed by atoms with Gasteiger partial charge in [0.15, 0.2) is 6.29 Å². The first-order valence-corrected chi connectivity index (χ1v) is 11.4. The van der Waals surface area contributed by atoms with Gasteiger partial charge >= 0.3 is 0 Å². The summed E-state index contributed by atoms with van der Waals surface area (Å²) in [6.45, 7) is 1.34. The first-order chi connectivity index (χ1) is 15.2. The van der Waals surface area contributed by atoms with Crippen molar-refractivity contribution in [3.05, 3.63) is 65.4 Å². The number of thioether (sulfide) groups is 1. The van der Waals surface area contributed by atoms with Crippen molar-refractivity contribution in [2.24, 2.45) is 0 Å². The molecule has 1 amide bonds. The number of amides is 1. The lowest BCUT2D eigenvalue weighted by Gasteiger charge is -2.32. The second-order valence-electron chi connectivity index (χ2n) is 7.83. The Bertz CT molecular complexity index is 1160. The highest BCUT2D eigenvalue weighted by Crippen LogP contribution is 2.43. The van der Waals surface area contributed by atoms with Crippen molar-refractivity contribution < 1.29 is 14.3 Å². The van der Waals surface area contributed by atoms with Crippen molar-refractivity contribution in [2.75, 3.05) is 20.2 Å². The van der Waals surface area contributed by atoms with Crippen molar-refractivity contribution in [2.45, 2.75) is 29.6 Å². The number of rotatable bonds is 4. The Balaban J connectivity index is 1.55. The van der Waals surface area contributed by atoms with Crippen LogP contribution >= 0.6 is 11.8 Å². The zero-order chi connectivity index (χ0) is 21.4. The maximum atomic E-state index is 13.2. The van der Waals surface area contributed by atoms with Gasteiger partial charge in [-0.05, 0) is 37.1 Å². The molecule has 1 saturated heterocycles. The minimum Gasteiger partial charge on any atom is -0.380 e. The van der Waals surface area contributed by atoms with Crippen LogP contribution in [-0.2, 0) is 10.5 Å². The predicted octanol–water partition coefficient (Wildman–Crippen LogP) is 4.21. The maximum absolute atomic E-state index is 13.2. The number of piperidine rings is 1. The van der Waals surface area contributed by atoms with Crippen LogP contribution in [0.5, 0.6) is 0 Å². The van der Waals surface area contributed by atoms with Crippen LogP contribution in [-0.4, -0.2) is 53.2 Å². The van der Waals surface area contributed by atoms with Gasteiger partial charge in [0.2, 0.25) is 0 Å². The van der Waals surface area contributed by atoms with Gasteiger partial charge in [-0.2, -0.15) is 5.10 Å². The lowest BCUT2D eigenvalue weighted by Crippen LogP contribution is -2.42. The minimum absolute atomic E-state index is 0.00353. The standard InChI is InChI=1S/C24H23N3O3S/c1-30-18-8-5-11-26(13-18)24(29)16-6-4-7-17(12-16)27-23-19-9-2-3-10-22(19)31-15-20(23)21(14-28)25-27/h2-4,6-7,9-10,12,14,18H,5,8,11,13,15H2,1H3. The highest BCUT2D eigenvalue weighted by Gasteiger charge is 2.27. The third kappa shape index (κ3) is 3.58. The molecular weight excluding hydrogens is 410 g/mol. The molecule has 0 N–H and O–H groups in total. The number of hydrogen-bond donors (Lipinski definition) is 0. The van der Waals surface area contributed by atoms with Crippen molar-refractivity contribution >= 4 is 24.0 Å². The van der Waals surface area contributed by atoms with Gasteiger partial charge in [-0.1, -0.05) is 24.3 Å². The molecule has 0 saturated carbocycles. The van der Waals surface area contributed by atoms with E-state index in [9.17, 15) is 9.59 Å². The largest absolute Gasteiger partial charge is 0.380 e. The van der Waals surface area contributed by atoms with Crippen LogP contribution in [0, 0.1) is 0 Å². The number of carbonyl (C=O) groups excluding carboxylic acids is 2. The molecule has 1 aromatic heterocycles. The fraction of sp³-hybridized carbons (Fsp3) is 0.292. The molecule has 158 valence electrons. The van der Waals surface area contributed by atoms with Gasteiger partial charge in [-0.15, -0.1) is 11.8 Å². The summed E-state index contributed by atoms with van der Waals surface area (Å²) in [4.78, 5) is 27.9. The van der Waals surface area contributed by atoms with Gasteiger partial charge in [0.25, 0.3) is 5.91 Å². The summed E-state index contributed by atoms with van der Waals surface area (Å²) in [5.41, 5.74) is 4.77. The SMILES string of the molecule is COC1CCCN(C(=O)c2cccc(-n3nc(C=O)c4c3-c3ccccc3SC4)c2)C1. The second-order valence-corrected chi connectivity index (χ2v) is 8.85. The van der Waals surface area contributed by atoms with E-state index in [4.69, 9.17) is 4.74 Å². The molecule has 3 heterocycles. The number of hydrogen-bond acceptors (Lipinski definition) is 5. The number of aromatic nitrogens is 2. The summed E-state index contributed by atoms with van der Waals surface area (Å²) in [6.07, 6.45) is 2.82. The van der Waals surface area contributed by atoms with Crippen molar-refractivity contribution in [1.29, 1.82) is 0 Å². The van der Waals surface area contributed by atoms with E-state index in [1.165, 1.54) is 4.90 Å². The van der Waals surface area contributed by atoms with Crippen molar-refractivity contribution in [1.82, 2.24) is 14.7 Å². The summed E-state index contributed by atoms with van der Waals surface area (Å²) >= 11 is 1.71. The highest BCUT2D eigenvalue weighted by atomic mass is 32.2. The normalized spacial score (nSPS) is 17.7. The summed E-state index contributed by atoms with van der Waals surface area (Å²) in [6, 6.07) is 15.7. The van der Waals surface area contributed by atoms with E-state index in [1.807, 2.05) is 46.0 Å². The third-order valence-corrected chi connectivity index (χ3v) is 7.08. The molecule has 6 nitrogen and oxygen atoms in total. The van der Waals surface area contributed by atoms with Gasteiger partial charge in [-0.3, -0.25) is 9.59 Å². The summed E-state index contributed by atoms with van der Waals surface area (Å²) in [5, 5.41) is 4.61. The molecule has 2 aliphatic rings. The molecule has 1 unspecified atom stereocenters. The Hall–Kier alpha value is -2.90. The molecule has 7 heteroatoms. The molecule has 1 atom stereocenters. The second kappa shape index (κ2) is 8.32. The minimum atomic E-state index is -0.00353. The van der Waals surface area contributed by atoms with E-state index < -0.39 is 0 Å². The Kier molecular flexibility index (Phi) is 5.38.